The maximum atomic E-state index is 12.8. The Morgan fingerprint density at radius 2 is 1.62 bits per heavy atom. The van der Waals surface area contributed by atoms with Crippen LogP contribution >= 0.6 is 11.8 Å². The van der Waals surface area contributed by atoms with Gasteiger partial charge in [0.25, 0.3) is 5.91 Å². The second-order valence-electron chi connectivity index (χ2n) is 6.02. The number of anilines is 1. The predicted octanol–water partition coefficient (Wildman–Crippen LogP) is 4.29. The van der Waals surface area contributed by atoms with Crippen molar-refractivity contribution in [1.82, 2.24) is 4.90 Å². The summed E-state index contributed by atoms with van der Waals surface area (Å²) < 4.78 is 38.2. The molecule has 4 rings (SSSR count). The van der Waals surface area contributed by atoms with Crippen LogP contribution in [-0.4, -0.2) is 28.6 Å². The van der Waals surface area contributed by atoms with E-state index in [2.05, 4.69) is 0 Å². The fraction of sp³-hybridized carbons (Fsp3) is 0.222. The topological polar surface area (TPSA) is 40.6 Å². The van der Waals surface area contributed by atoms with Gasteiger partial charge in [0.05, 0.1) is 11.3 Å². The number of urea groups is 1. The van der Waals surface area contributed by atoms with Crippen LogP contribution in [0.2, 0.25) is 0 Å². The number of benzene rings is 2. The highest BCUT2D eigenvalue weighted by Gasteiger charge is 2.53. The van der Waals surface area contributed by atoms with Crippen molar-refractivity contribution in [1.29, 1.82) is 0 Å². The molecule has 0 spiro atoms. The summed E-state index contributed by atoms with van der Waals surface area (Å²) in [5, 5.41) is -0.479. The van der Waals surface area contributed by atoms with Crippen LogP contribution < -0.4 is 4.90 Å². The first-order chi connectivity index (χ1) is 12.4. The van der Waals surface area contributed by atoms with E-state index < -0.39 is 29.2 Å². The third-order valence-corrected chi connectivity index (χ3v) is 5.78. The van der Waals surface area contributed by atoms with E-state index in [0.717, 1.165) is 17.0 Å². The average Bonchev–Trinajstić information content (AvgIpc) is 3.16. The van der Waals surface area contributed by atoms with Crippen LogP contribution in [0.4, 0.5) is 23.7 Å². The molecule has 26 heavy (non-hydrogen) atoms. The molecule has 0 saturated carbocycles. The summed E-state index contributed by atoms with van der Waals surface area (Å²) in [6, 6.07) is 12.3. The molecule has 2 aromatic rings. The molecule has 2 fully saturated rings. The highest BCUT2D eigenvalue weighted by molar-refractivity contribution is 7.99. The molecule has 0 bridgehead atoms. The Labute approximate surface area is 151 Å². The van der Waals surface area contributed by atoms with Gasteiger partial charge >= 0.3 is 12.2 Å². The van der Waals surface area contributed by atoms with E-state index in [1.165, 1.54) is 28.8 Å². The molecule has 2 atom stereocenters. The van der Waals surface area contributed by atoms with Gasteiger partial charge in [-0.15, -0.1) is 11.8 Å². The fourth-order valence-corrected chi connectivity index (χ4v) is 4.61. The number of hydrogen-bond acceptors (Lipinski definition) is 3. The summed E-state index contributed by atoms with van der Waals surface area (Å²) in [4.78, 5) is 28.1. The standard InChI is InChI=1S/C18H13F3N2O2S/c19-18(20,21)12-8-6-11(7-9-12)16-23-14(10-26-16)15(24)22(17(23)25)13-4-2-1-3-5-13/h1-9,14,16H,10H2/t14-,16+/m0/s1. The van der Waals surface area contributed by atoms with Gasteiger partial charge in [0, 0.05) is 5.75 Å². The van der Waals surface area contributed by atoms with Crippen molar-refractivity contribution in [2.45, 2.75) is 17.6 Å². The number of amides is 3. The van der Waals surface area contributed by atoms with Crippen LogP contribution in [0.15, 0.2) is 54.6 Å². The predicted molar refractivity (Wildman–Crippen MR) is 91.6 cm³/mol. The van der Waals surface area contributed by atoms with E-state index in [4.69, 9.17) is 0 Å². The molecule has 4 nitrogen and oxygen atoms in total. The molecule has 0 aliphatic carbocycles. The number of nitrogens with zero attached hydrogens (tertiary/aromatic N) is 2. The Kier molecular flexibility index (Phi) is 3.95. The van der Waals surface area contributed by atoms with Gasteiger partial charge in [0.15, 0.2) is 0 Å². The molecule has 0 aromatic heterocycles. The van der Waals surface area contributed by atoms with Crippen LogP contribution in [0.3, 0.4) is 0 Å². The second kappa shape index (κ2) is 6.05. The highest BCUT2D eigenvalue weighted by Crippen LogP contribution is 2.46. The van der Waals surface area contributed by atoms with Gasteiger partial charge in [-0.1, -0.05) is 30.3 Å². The smallest absolute Gasteiger partial charge is 0.295 e. The quantitative estimate of drug-likeness (QED) is 0.732. The number of rotatable bonds is 2. The first-order valence-corrected chi connectivity index (χ1v) is 8.93. The van der Waals surface area contributed by atoms with Crippen LogP contribution in [0.25, 0.3) is 0 Å². The molecular weight excluding hydrogens is 365 g/mol. The van der Waals surface area contributed by atoms with Gasteiger partial charge in [-0.25, -0.2) is 9.69 Å². The lowest BCUT2D eigenvalue weighted by molar-refractivity contribution is -0.137. The van der Waals surface area contributed by atoms with E-state index in [1.807, 2.05) is 0 Å². The Morgan fingerprint density at radius 1 is 0.962 bits per heavy atom. The Morgan fingerprint density at radius 3 is 2.23 bits per heavy atom. The molecular formula is C18H13F3N2O2S. The van der Waals surface area contributed by atoms with Crippen molar-refractivity contribution in [2.24, 2.45) is 0 Å². The molecule has 0 unspecified atom stereocenters. The van der Waals surface area contributed by atoms with E-state index in [0.29, 0.717) is 17.0 Å². The summed E-state index contributed by atoms with van der Waals surface area (Å²) in [6.07, 6.45) is -4.41. The summed E-state index contributed by atoms with van der Waals surface area (Å²) in [5.74, 6) is 0.114. The molecule has 2 aliphatic heterocycles. The number of thioether (sulfide) groups is 1. The SMILES string of the molecule is O=C1[C@@H]2CS[C@H](c3ccc(C(F)(F)F)cc3)N2C(=O)N1c1ccccc1. The van der Waals surface area contributed by atoms with Crippen molar-refractivity contribution in [3.8, 4) is 0 Å². The minimum Gasteiger partial charge on any atom is -0.295 e. The number of halogens is 3. The molecule has 0 N–H and O–H groups in total. The summed E-state index contributed by atoms with van der Waals surface area (Å²) in [7, 11) is 0. The average molecular weight is 378 g/mol. The van der Waals surface area contributed by atoms with Gasteiger partial charge in [-0.05, 0) is 29.8 Å². The van der Waals surface area contributed by atoms with E-state index in [1.54, 1.807) is 30.3 Å². The molecule has 8 heteroatoms. The minimum atomic E-state index is -4.41. The lowest BCUT2D eigenvalue weighted by Gasteiger charge is -2.23. The first kappa shape index (κ1) is 17.0. The number of carbonyl (C=O) groups excluding carboxylic acids is 2. The molecule has 2 aliphatic rings. The zero-order valence-electron chi connectivity index (χ0n) is 13.3. The van der Waals surface area contributed by atoms with Gasteiger partial charge < -0.3 is 0 Å². The zero-order chi connectivity index (χ0) is 18.5. The second-order valence-corrected chi connectivity index (χ2v) is 7.13. The fourth-order valence-electron chi connectivity index (χ4n) is 3.20. The summed E-state index contributed by atoms with van der Waals surface area (Å²) in [5.41, 5.74) is 0.324. The van der Waals surface area contributed by atoms with E-state index >= 15 is 0 Å². The number of fused-ring (bicyclic) bond motifs is 1. The van der Waals surface area contributed by atoms with Gasteiger partial charge in [0.1, 0.15) is 11.4 Å². The summed E-state index contributed by atoms with van der Waals surface area (Å²) >= 11 is 1.38. The third kappa shape index (κ3) is 2.65. The maximum Gasteiger partial charge on any atom is 0.416 e. The summed E-state index contributed by atoms with van der Waals surface area (Å²) in [6.45, 7) is 0. The Hall–Kier alpha value is -2.48. The zero-order valence-corrected chi connectivity index (χ0v) is 14.1. The van der Waals surface area contributed by atoms with Crippen molar-refractivity contribution >= 4 is 29.4 Å². The maximum absolute atomic E-state index is 12.8. The lowest BCUT2D eigenvalue weighted by Crippen LogP contribution is -2.33. The van der Waals surface area contributed by atoms with E-state index in [-0.39, 0.29) is 5.91 Å². The van der Waals surface area contributed by atoms with Crippen molar-refractivity contribution in [3.63, 3.8) is 0 Å². The molecule has 2 saturated heterocycles. The van der Waals surface area contributed by atoms with Crippen LogP contribution in [0.1, 0.15) is 16.5 Å². The molecule has 2 heterocycles. The van der Waals surface area contributed by atoms with Gasteiger partial charge in [0.2, 0.25) is 0 Å². The van der Waals surface area contributed by atoms with Crippen molar-refractivity contribution in [3.05, 3.63) is 65.7 Å². The van der Waals surface area contributed by atoms with Crippen LogP contribution in [-0.2, 0) is 11.0 Å². The Bertz CT molecular complexity index is 855. The van der Waals surface area contributed by atoms with Gasteiger partial charge in [-0.2, -0.15) is 13.2 Å². The number of imide groups is 1. The minimum absolute atomic E-state index is 0.303. The largest absolute Gasteiger partial charge is 0.416 e. The number of hydrogen-bond donors (Lipinski definition) is 0. The molecule has 134 valence electrons. The van der Waals surface area contributed by atoms with Crippen molar-refractivity contribution < 1.29 is 22.8 Å². The molecule has 0 radical (unpaired) electrons. The van der Waals surface area contributed by atoms with E-state index in [9.17, 15) is 22.8 Å². The number of alkyl halides is 3. The molecule has 3 amide bonds. The lowest BCUT2D eigenvalue weighted by atomic mass is 10.1. The normalized spacial score (nSPS) is 22.9. The van der Waals surface area contributed by atoms with Crippen LogP contribution in [0.5, 0.6) is 0 Å². The number of para-hydroxylation sites is 1. The van der Waals surface area contributed by atoms with Crippen molar-refractivity contribution in [2.75, 3.05) is 10.7 Å². The van der Waals surface area contributed by atoms with Crippen LogP contribution in [0, 0.1) is 0 Å². The third-order valence-electron chi connectivity index (χ3n) is 4.46. The molecule has 2 aromatic carbocycles. The number of carbonyl (C=O) groups is 2. The first-order valence-electron chi connectivity index (χ1n) is 7.88. The Balaban J connectivity index is 1.63. The monoisotopic (exact) mass is 378 g/mol. The highest BCUT2D eigenvalue weighted by atomic mass is 32.2. The van der Waals surface area contributed by atoms with Gasteiger partial charge in [-0.3, -0.25) is 9.69 Å².